The van der Waals surface area contributed by atoms with Gasteiger partial charge in [-0.1, -0.05) is 0 Å². The molecule has 130 valence electrons. The van der Waals surface area contributed by atoms with Crippen LogP contribution in [0.25, 0.3) is 0 Å². The number of hydrogen-bond donors (Lipinski definition) is 1. The summed E-state index contributed by atoms with van der Waals surface area (Å²) in [6.45, 7) is 4.67. The number of nitrogens with zero attached hydrogens (tertiary/aromatic N) is 1. The van der Waals surface area contributed by atoms with E-state index in [4.69, 9.17) is 9.47 Å². The van der Waals surface area contributed by atoms with Gasteiger partial charge < -0.3 is 19.7 Å². The predicted octanol–water partition coefficient (Wildman–Crippen LogP) is 3.24. The zero-order valence-electron chi connectivity index (χ0n) is 14.9. The smallest absolute Gasteiger partial charge is 0.161 e. The topological polar surface area (TPSA) is 33.7 Å². The third-order valence-corrected chi connectivity index (χ3v) is 5.39. The number of rotatable bonds is 6. The summed E-state index contributed by atoms with van der Waals surface area (Å²) < 4.78 is 11.6. The largest absolute Gasteiger partial charge is 0.493 e. The minimum Gasteiger partial charge on any atom is -0.493 e. The Labute approximate surface area is 148 Å². The van der Waals surface area contributed by atoms with Gasteiger partial charge in [-0.2, -0.15) is 0 Å². The van der Waals surface area contributed by atoms with Crippen molar-refractivity contribution in [2.24, 2.45) is 0 Å². The maximum atomic E-state index is 6.00. The lowest BCUT2D eigenvalue weighted by Crippen LogP contribution is -2.30. The van der Waals surface area contributed by atoms with Crippen LogP contribution >= 0.6 is 11.3 Å². The van der Waals surface area contributed by atoms with Gasteiger partial charge in [-0.25, -0.2) is 0 Å². The number of likely N-dealkylation sites (N-methyl/N-ethyl adjacent to an activating group) is 1. The van der Waals surface area contributed by atoms with Gasteiger partial charge >= 0.3 is 0 Å². The van der Waals surface area contributed by atoms with E-state index >= 15 is 0 Å². The molecule has 1 atom stereocenters. The molecule has 3 rings (SSSR count). The number of ether oxygens (including phenoxy) is 2. The Bertz CT molecular complexity index is 697. The van der Waals surface area contributed by atoms with Crippen LogP contribution in [-0.2, 0) is 6.42 Å². The summed E-state index contributed by atoms with van der Waals surface area (Å²) in [5, 5.41) is 3.65. The maximum Gasteiger partial charge on any atom is 0.161 e. The minimum absolute atomic E-state index is 0.245. The molecular formula is C19H26N2O2S. The molecule has 0 spiro atoms. The van der Waals surface area contributed by atoms with Crippen LogP contribution in [-0.4, -0.2) is 45.8 Å². The fourth-order valence-electron chi connectivity index (χ4n) is 3.04. The summed E-state index contributed by atoms with van der Waals surface area (Å²) in [7, 11) is 5.81. The molecular weight excluding hydrogens is 320 g/mol. The van der Waals surface area contributed by atoms with E-state index in [9.17, 15) is 0 Å². The molecule has 4 nitrogen and oxygen atoms in total. The summed E-state index contributed by atoms with van der Waals surface area (Å²) in [5.74, 6) is 1.66. The summed E-state index contributed by atoms with van der Waals surface area (Å²) in [4.78, 5) is 4.82. The Morgan fingerprint density at radius 3 is 2.75 bits per heavy atom. The van der Waals surface area contributed by atoms with Crippen LogP contribution < -0.4 is 14.8 Å². The van der Waals surface area contributed by atoms with Crippen molar-refractivity contribution in [2.75, 3.05) is 40.9 Å². The van der Waals surface area contributed by atoms with Crippen molar-refractivity contribution >= 4 is 11.3 Å². The Balaban J connectivity index is 1.91. The van der Waals surface area contributed by atoms with Gasteiger partial charge in [-0.3, -0.25) is 0 Å². The molecule has 0 radical (unpaired) electrons. The number of aryl methyl sites for hydroxylation is 1. The standard InChI is InChI=1S/C19H26N2O2S/c1-13-5-6-18(24-13)19-15-12-17(23-10-9-21(2)3)16(22-4)11-14(15)7-8-20-19/h5-6,11-12,19-20H,7-10H2,1-4H3. The molecule has 0 aliphatic carbocycles. The second kappa shape index (κ2) is 7.55. The van der Waals surface area contributed by atoms with Crippen LogP contribution in [0.15, 0.2) is 24.3 Å². The summed E-state index contributed by atoms with van der Waals surface area (Å²) in [6.07, 6.45) is 1.02. The molecule has 1 aromatic carbocycles. The quantitative estimate of drug-likeness (QED) is 0.871. The molecule has 0 saturated carbocycles. The lowest BCUT2D eigenvalue weighted by molar-refractivity contribution is 0.250. The van der Waals surface area contributed by atoms with E-state index in [2.05, 4.69) is 41.4 Å². The highest BCUT2D eigenvalue weighted by Crippen LogP contribution is 2.39. The maximum absolute atomic E-state index is 6.00. The molecule has 1 unspecified atom stereocenters. The Hall–Kier alpha value is -1.56. The molecule has 0 fully saturated rings. The first-order valence-corrected chi connectivity index (χ1v) is 9.18. The Kier molecular flexibility index (Phi) is 5.43. The van der Waals surface area contributed by atoms with Gasteiger partial charge in [0.25, 0.3) is 0 Å². The van der Waals surface area contributed by atoms with Gasteiger partial charge in [-0.15, -0.1) is 11.3 Å². The molecule has 2 aromatic rings. The van der Waals surface area contributed by atoms with Gasteiger partial charge in [-0.05, 0) is 62.8 Å². The van der Waals surface area contributed by atoms with Crippen LogP contribution in [0.5, 0.6) is 11.5 Å². The number of nitrogens with one attached hydrogen (secondary N) is 1. The monoisotopic (exact) mass is 346 g/mol. The number of methoxy groups -OCH3 is 1. The predicted molar refractivity (Wildman–Crippen MR) is 99.6 cm³/mol. The SMILES string of the molecule is COc1cc2c(cc1OCCN(C)C)C(c1ccc(C)s1)NCC2. The van der Waals surface area contributed by atoms with E-state index in [1.807, 2.05) is 25.4 Å². The van der Waals surface area contributed by atoms with Gasteiger partial charge in [0.1, 0.15) is 6.61 Å². The van der Waals surface area contributed by atoms with Gasteiger partial charge in [0.05, 0.1) is 13.2 Å². The normalized spacial score (nSPS) is 17.0. The third-order valence-electron chi connectivity index (χ3n) is 4.32. The molecule has 5 heteroatoms. The van der Waals surface area contributed by atoms with E-state index in [1.165, 1.54) is 20.9 Å². The van der Waals surface area contributed by atoms with E-state index in [0.29, 0.717) is 6.61 Å². The van der Waals surface area contributed by atoms with E-state index in [-0.39, 0.29) is 6.04 Å². The molecule has 0 saturated heterocycles. The van der Waals surface area contributed by atoms with Gasteiger partial charge in [0, 0.05) is 22.8 Å². The average Bonchev–Trinajstić information content (AvgIpc) is 2.99. The van der Waals surface area contributed by atoms with Crippen LogP contribution in [0.3, 0.4) is 0 Å². The lowest BCUT2D eigenvalue weighted by Gasteiger charge is -2.28. The molecule has 0 amide bonds. The second-order valence-corrected chi connectivity index (χ2v) is 7.76. The van der Waals surface area contributed by atoms with Crippen LogP contribution in [0, 0.1) is 6.92 Å². The highest BCUT2D eigenvalue weighted by atomic mass is 32.1. The summed E-state index contributed by atoms with van der Waals surface area (Å²) >= 11 is 1.85. The fraction of sp³-hybridized carbons (Fsp3) is 0.474. The molecule has 1 aliphatic heterocycles. The Morgan fingerprint density at radius 1 is 1.25 bits per heavy atom. The van der Waals surface area contributed by atoms with E-state index in [0.717, 1.165) is 31.0 Å². The van der Waals surface area contributed by atoms with Gasteiger partial charge in [0.15, 0.2) is 11.5 Å². The first kappa shape index (κ1) is 17.3. The molecule has 1 aliphatic rings. The van der Waals surface area contributed by atoms with Crippen molar-refractivity contribution in [3.8, 4) is 11.5 Å². The highest BCUT2D eigenvalue weighted by molar-refractivity contribution is 7.12. The van der Waals surface area contributed by atoms with Crippen molar-refractivity contribution in [1.29, 1.82) is 0 Å². The average molecular weight is 346 g/mol. The lowest BCUT2D eigenvalue weighted by atomic mass is 9.92. The number of thiophene rings is 1. The van der Waals surface area contributed by atoms with E-state index < -0.39 is 0 Å². The summed E-state index contributed by atoms with van der Waals surface area (Å²) in [6, 6.07) is 8.97. The third kappa shape index (κ3) is 3.74. The summed E-state index contributed by atoms with van der Waals surface area (Å²) in [5.41, 5.74) is 2.66. The van der Waals surface area contributed by atoms with Crippen molar-refractivity contribution < 1.29 is 9.47 Å². The van der Waals surface area contributed by atoms with Crippen molar-refractivity contribution in [1.82, 2.24) is 10.2 Å². The number of benzene rings is 1. The zero-order chi connectivity index (χ0) is 17.1. The van der Waals surface area contributed by atoms with Crippen molar-refractivity contribution in [2.45, 2.75) is 19.4 Å². The second-order valence-electron chi connectivity index (χ2n) is 6.44. The fourth-order valence-corrected chi connectivity index (χ4v) is 4.01. The molecule has 1 N–H and O–H groups in total. The molecule has 2 heterocycles. The molecule has 0 bridgehead atoms. The highest BCUT2D eigenvalue weighted by Gasteiger charge is 2.25. The molecule has 24 heavy (non-hydrogen) atoms. The first-order chi connectivity index (χ1) is 11.6. The van der Waals surface area contributed by atoms with Crippen LogP contribution in [0.4, 0.5) is 0 Å². The Morgan fingerprint density at radius 2 is 2.08 bits per heavy atom. The van der Waals surface area contributed by atoms with Crippen molar-refractivity contribution in [3.63, 3.8) is 0 Å². The minimum atomic E-state index is 0.245. The zero-order valence-corrected chi connectivity index (χ0v) is 15.7. The molecule has 1 aromatic heterocycles. The van der Waals surface area contributed by atoms with Crippen LogP contribution in [0.1, 0.15) is 26.9 Å². The van der Waals surface area contributed by atoms with E-state index in [1.54, 1.807) is 7.11 Å². The number of hydrogen-bond acceptors (Lipinski definition) is 5. The van der Waals surface area contributed by atoms with Crippen LogP contribution in [0.2, 0.25) is 0 Å². The number of fused-ring (bicyclic) bond motifs is 1. The van der Waals surface area contributed by atoms with Gasteiger partial charge in [0.2, 0.25) is 0 Å². The first-order valence-electron chi connectivity index (χ1n) is 8.36. The van der Waals surface area contributed by atoms with Crippen molar-refractivity contribution in [3.05, 3.63) is 45.1 Å².